The highest BCUT2D eigenvalue weighted by Crippen LogP contribution is 2.38. The van der Waals surface area contributed by atoms with Gasteiger partial charge in [0.05, 0.1) is 6.04 Å². The summed E-state index contributed by atoms with van der Waals surface area (Å²) in [5, 5.41) is 12.4. The number of amides is 2. The van der Waals surface area contributed by atoms with Gasteiger partial charge in [-0.3, -0.25) is 14.6 Å². The second-order valence-electron chi connectivity index (χ2n) is 9.46. The number of H-pyrrole nitrogens is 2. The minimum atomic E-state index is -4.41. The van der Waals surface area contributed by atoms with E-state index in [0.29, 0.717) is 39.2 Å². The number of nitrogens with one attached hydrogen (secondary N) is 4. The van der Waals surface area contributed by atoms with Crippen molar-refractivity contribution >= 4 is 33.2 Å². The van der Waals surface area contributed by atoms with Crippen LogP contribution in [0.2, 0.25) is 0 Å². The van der Waals surface area contributed by atoms with Crippen LogP contribution in [0.1, 0.15) is 55.0 Å². The molecule has 0 spiro atoms. The Morgan fingerprint density at radius 1 is 1.02 bits per heavy atom. The van der Waals surface area contributed by atoms with E-state index in [1.807, 2.05) is 18.2 Å². The molecular formula is C27H20F3N7O3S. The predicted octanol–water partition coefficient (Wildman–Crippen LogP) is 4.14. The second kappa shape index (κ2) is 10.3. The van der Waals surface area contributed by atoms with Gasteiger partial charge in [0.2, 0.25) is 0 Å². The van der Waals surface area contributed by atoms with E-state index in [1.54, 1.807) is 18.2 Å². The Morgan fingerprint density at radius 3 is 2.59 bits per heavy atom. The van der Waals surface area contributed by atoms with E-state index in [1.165, 1.54) is 6.07 Å². The van der Waals surface area contributed by atoms with Crippen LogP contribution < -0.4 is 16.3 Å². The number of thiophene rings is 1. The minimum absolute atomic E-state index is 0.0176. The summed E-state index contributed by atoms with van der Waals surface area (Å²) in [6.45, 7) is 0.0621. The van der Waals surface area contributed by atoms with Crippen molar-refractivity contribution in [2.45, 2.75) is 31.6 Å². The van der Waals surface area contributed by atoms with E-state index < -0.39 is 28.6 Å². The number of hydrogen-bond donors (Lipinski definition) is 4. The molecule has 0 aliphatic heterocycles. The fourth-order valence-corrected chi connectivity index (χ4v) is 5.75. The number of hydrogen-bond acceptors (Lipinski definition) is 7. The van der Waals surface area contributed by atoms with Crippen molar-refractivity contribution in [3.8, 4) is 11.4 Å². The van der Waals surface area contributed by atoms with Crippen LogP contribution in [0.4, 0.5) is 13.2 Å². The van der Waals surface area contributed by atoms with Gasteiger partial charge < -0.3 is 10.6 Å². The first-order valence-corrected chi connectivity index (χ1v) is 13.2. The van der Waals surface area contributed by atoms with Crippen molar-refractivity contribution in [3.63, 3.8) is 0 Å². The van der Waals surface area contributed by atoms with Gasteiger partial charge >= 0.3 is 11.9 Å². The van der Waals surface area contributed by atoms with E-state index in [2.05, 4.69) is 35.8 Å². The molecule has 0 fully saturated rings. The van der Waals surface area contributed by atoms with Crippen molar-refractivity contribution in [1.29, 1.82) is 0 Å². The van der Waals surface area contributed by atoms with E-state index in [9.17, 15) is 27.6 Å². The van der Waals surface area contributed by atoms with Gasteiger partial charge in [-0.15, -0.1) is 11.3 Å². The molecule has 1 atom stereocenters. The number of benzene rings is 2. The van der Waals surface area contributed by atoms with Crippen LogP contribution in [0.3, 0.4) is 0 Å². The largest absolute Gasteiger partial charge is 0.425 e. The molecule has 0 unspecified atom stereocenters. The van der Waals surface area contributed by atoms with Gasteiger partial charge in [-0.25, -0.2) is 19.9 Å². The molecule has 3 heterocycles. The van der Waals surface area contributed by atoms with Crippen LogP contribution in [0.5, 0.6) is 0 Å². The third kappa shape index (κ3) is 5.45. The van der Waals surface area contributed by atoms with Gasteiger partial charge in [-0.2, -0.15) is 18.3 Å². The molecule has 1 aliphatic carbocycles. The highest BCUT2D eigenvalue weighted by atomic mass is 32.1. The van der Waals surface area contributed by atoms with Crippen LogP contribution >= 0.6 is 11.3 Å². The van der Waals surface area contributed by atoms with Gasteiger partial charge in [-0.1, -0.05) is 24.3 Å². The Balaban J connectivity index is 1.10. The molecule has 2 amide bonds. The van der Waals surface area contributed by atoms with Crippen LogP contribution in [0.15, 0.2) is 59.7 Å². The predicted molar refractivity (Wildman–Crippen MR) is 143 cm³/mol. The maximum Gasteiger partial charge on any atom is 0.425 e. The van der Waals surface area contributed by atoms with Crippen LogP contribution in [-0.2, 0) is 19.1 Å². The minimum Gasteiger partial charge on any atom is -0.347 e. The Bertz CT molecular complexity index is 1860. The van der Waals surface area contributed by atoms with Gasteiger partial charge in [0.1, 0.15) is 22.6 Å². The summed E-state index contributed by atoms with van der Waals surface area (Å²) in [6.07, 6.45) is -1.91. The van der Waals surface area contributed by atoms with E-state index in [-0.39, 0.29) is 24.0 Å². The standard InChI is InChI=1S/C27H20F3N7O3S/c28-27(29,30)22-9-15-2-1-13(7-21(15)41-22)11-31-24(38)19-10-20(33-12-32-19)25(39)34-18-6-4-14-8-16(3-5-17(14)18)23-35-26(40)37-36-23/h1-3,5,7-10,12,18H,4,6,11H2,(H,31,38)(H,34,39)(H2,35,36,37,40)/t18-/m1/s1. The summed E-state index contributed by atoms with van der Waals surface area (Å²) in [6, 6.07) is 12.6. The molecule has 0 radical (unpaired) electrons. The van der Waals surface area contributed by atoms with Gasteiger partial charge in [-0.05, 0) is 53.1 Å². The number of halogens is 3. The summed E-state index contributed by atoms with van der Waals surface area (Å²) < 4.78 is 39.5. The highest BCUT2D eigenvalue weighted by molar-refractivity contribution is 7.19. The van der Waals surface area contributed by atoms with E-state index in [0.717, 1.165) is 35.5 Å². The van der Waals surface area contributed by atoms with Crippen molar-refractivity contribution < 1.29 is 22.8 Å². The zero-order chi connectivity index (χ0) is 28.7. The van der Waals surface area contributed by atoms with Gasteiger partial charge in [0, 0.05) is 22.9 Å². The Hall–Kier alpha value is -4.85. The quantitative estimate of drug-likeness (QED) is 0.238. The van der Waals surface area contributed by atoms with Crippen molar-refractivity contribution in [2.75, 3.05) is 0 Å². The maximum absolute atomic E-state index is 13.0. The molecule has 2 aromatic carbocycles. The lowest BCUT2D eigenvalue weighted by molar-refractivity contribution is -0.134. The Labute approximate surface area is 233 Å². The molecule has 0 saturated heterocycles. The average molecular weight is 580 g/mol. The average Bonchev–Trinajstić information content (AvgIpc) is 3.69. The maximum atomic E-state index is 13.0. The summed E-state index contributed by atoms with van der Waals surface area (Å²) in [5.41, 5.74) is 2.94. The highest BCUT2D eigenvalue weighted by Gasteiger charge is 2.32. The molecule has 1 aliphatic rings. The molecule has 0 saturated carbocycles. The molecule has 14 heteroatoms. The fraction of sp³-hybridized carbons (Fsp3) is 0.185. The molecular weight excluding hydrogens is 559 g/mol. The first-order valence-electron chi connectivity index (χ1n) is 12.4. The first kappa shape index (κ1) is 26.4. The van der Waals surface area contributed by atoms with Crippen LogP contribution in [0.25, 0.3) is 21.5 Å². The number of carbonyl (C=O) groups excluding carboxylic acids is 2. The smallest absolute Gasteiger partial charge is 0.347 e. The lowest BCUT2D eigenvalue weighted by Crippen LogP contribution is -2.29. The van der Waals surface area contributed by atoms with Gasteiger partial charge in [0.25, 0.3) is 11.8 Å². The number of aryl methyl sites for hydroxylation is 1. The first-order chi connectivity index (χ1) is 19.6. The molecule has 4 N–H and O–H groups in total. The normalized spacial score (nSPS) is 14.7. The number of nitrogens with zero attached hydrogens (tertiary/aromatic N) is 3. The third-order valence-corrected chi connectivity index (χ3v) is 7.89. The molecule has 0 bridgehead atoms. The summed E-state index contributed by atoms with van der Waals surface area (Å²) in [4.78, 5) is 47.0. The SMILES string of the molecule is O=C(NCc1ccc2cc(C(F)(F)F)sc2c1)c1cc(C(=O)N[C@@H]2CCc3cc(-c4n[nH]c(=O)[nH]4)ccc32)ncn1. The number of fused-ring (bicyclic) bond motifs is 2. The zero-order valence-electron chi connectivity index (χ0n) is 21.0. The summed E-state index contributed by atoms with van der Waals surface area (Å²) in [7, 11) is 0. The molecule has 10 nitrogen and oxygen atoms in total. The fourth-order valence-electron chi connectivity index (χ4n) is 4.76. The molecule has 41 heavy (non-hydrogen) atoms. The monoisotopic (exact) mass is 579 g/mol. The van der Waals surface area contributed by atoms with Crippen LogP contribution in [0, 0.1) is 0 Å². The molecule has 5 aromatic rings. The van der Waals surface area contributed by atoms with Crippen molar-refractivity contribution in [1.82, 2.24) is 35.8 Å². The molecule has 6 rings (SSSR count). The van der Waals surface area contributed by atoms with Gasteiger partial charge in [0.15, 0.2) is 5.82 Å². The van der Waals surface area contributed by atoms with Crippen LogP contribution in [-0.4, -0.2) is 37.0 Å². The van der Waals surface area contributed by atoms with E-state index in [4.69, 9.17) is 0 Å². The number of alkyl halides is 3. The second-order valence-corrected chi connectivity index (χ2v) is 10.5. The van der Waals surface area contributed by atoms with Crippen molar-refractivity contribution in [2.24, 2.45) is 0 Å². The third-order valence-electron chi connectivity index (χ3n) is 6.75. The lowest BCUT2D eigenvalue weighted by atomic mass is 10.0. The number of carbonyl (C=O) groups is 2. The topological polar surface area (TPSA) is 146 Å². The molecule has 3 aromatic heterocycles. The zero-order valence-corrected chi connectivity index (χ0v) is 21.8. The summed E-state index contributed by atoms with van der Waals surface area (Å²) >= 11 is 0.644. The Morgan fingerprint density at radius 2 is 1.83 bits per heavy atom. The number of aromatic amines is 2. The number of aromatic nitrogens is 5. The molecule has 208 valence electrons. The van der Waals surface area contributed by atoms with Crippen molar-refractivity contribution in [3.05, 3.63) is 98.3 Å². The summed E-state index contributed by atoms with van der Waals surface area (Å²) in [5.74, 6) is -0.595. The van der Waals surface area contributed by atoms with E-state index >= 15 is 0 Å². The number of rotatable bonds is 6. The lowest BCUT2D eigenvalue weighted by Gasteiger charge is -2.14. The Kier molecular flexibility index (Phi) is 6.61.